The number of aliphatic hydroxyl groups excluding tert-OH is 3. The first-order valence-corrected chi connectivity index (χ1v) is 3.73. The van der Waals surface area contributed by atoms with E-state index >= 15 is 0 Å². The van der Waals surface area contributed by atoms with Crippen LogP contribution >= 0.6 is 0 Å². The van der Waals surface area contributed by atoms with Crippen molar-refractivity contribution in [3.63, 3.8) is 0 Å². The molecule has 11 heavy (non-hydrogen) atoms. The van der Waals surface area contributed by atoms with E-state index in [-0.39, 0.29) is 0 Å². The smallest absolute Gasteiger partial charge is 0.111 e. The minimum absolute atomic E-state index is 0.414. The predicted molar refractivity (Wildman–Crippen MR) is 38.0 cm³/mol. The zero-order valence-electron chi connectivity index (χ0n) is 6.64. The molecule has 4 nitrogen and oxygen atoms in total. The lowest BCUT2D eigenvalue weighted by Gasteiger charge is -2.37. The summed E-state index contributed by atoms with van der Waals surface area (Å²) in [5.74, 6) is 0. The number of ether oxygens (including phenoxy) is 1. The fourth-order valence-corrected chi connectivity index (χ4v) is 1.26. The van der Waals surface area contributed by atoms with Gasteiger partial charge in [0.25, 0.3) is 0 Å². The Morgan fingerprint density at radius 3 is 1.55 bits per heavy atom. The topological polar surface area (TPSA) is 69.9 Å². The van der Waals surface area contributed by atoms with Gasteiger partial charge < -0.3 is 20.1 Å². The zero-order valence-corrected chi connectivity index (χ0v) is 6.64. The summed E-state index contributed by atoms with van der Waals surface area (Å²) < 4.78 is 5.12. The molecule has 0 radical (unpaired) electrons. The van der Waals surface area contributed by atoms with Crippen LogP contribution < -0.4 is 0 Å². The Morgan fingerprint density at radius 1 is 0.818 bits per heavy atom. The maximum absolute atomic E-state index is 9.21. The van der Waals surface area contributed by atoms with Crippen LogP contribution in [-0.2, 0) is 4.74 Å². The van der Waals surface area contributed by atoms with Crippen LogP contribution in [-0.4, -0.2) is 45.8 Å². The fourth-order valence-electron chi connectivity index (χ4n) is 1.26. The number of hydrogen-bond donors (Lipinski definition) is 3. The Kier molecular flexibility index (Phi) is 2.49. The van der Waals surface area contributed by atoms with Crippen LogP contribution in [0.5, 0.6) is 0 Å². The van der Waals surface area contributed by atoms with Crippen molar-refractivity contribution < 1.29 is 20.1 Å². The predicted octanol–water partition coefficient (Wildman–Crippen LogP) is -1.12. The number of rotatable bonds is 0. The molecule has 1 saturated heterocycles. The normalized spacial score (nSPS) is 52.6. The van der Waals surface area contributed by atoms with E-state index < -0.39 is 30.5 Å². The van der Waals surface area contributed by atoms with E-state index in [1.807, 2.05) is 0 Å². The third-order valence-electron chi connectivity index (χ3n) is 2.09. The SMILES string of the molecule is C[C@@H]1O[C@H](C)[C@@H](O)C(O)[C@@H]1O. The minimum Gasteiger partial charge on any atom is -0.388 e. The first kappa shape index (κ1) is 8.93. The maximum atomic E-state index is 9.21. The maximum Gasteiger partial charge on any atom is 0.111 e. The molecule has 0 bridgehead atoms. The highest BCUT2D eigenvalue weighted by Gasteiger charge is 2.39. The summed E-state index contributed by atoms with van der Waals surface area (Å²) in [6, 6.07) is 0. The molecule has 66 valence electrons. The minimum atomic E-state index is -1.09. The van der Waals surface area contributed by atoms with E-state index in [0.29, 0.717) is 0 Å². The molecule has 0 amide bonds. The lowest BCUT2D eigenvalue weighted by molar-refractivity contribution is -0.211. The van der Waals surface area contributed by atoms with Gasteiger partial charge in [0.2, 0.25) is 0 Å². The third-order valence-corrected chi connectivity index (χ3v) is 2.09. The molecule has 0 aromatic rings. The Bertz CT molecular complexity index is 124. The van der Waals surface area contributed by atoms with Gasteiger partial charge in [0.05, 0.1) is 12.2 Å². The molecule has 1 unspecified atom stereocenters. The molecule has 1 heterocycles. The van der Waals surface area contributed by atoms with E-state index in [9.17, 15) is 15.3 Å². The van der Waals surface area contributed by atoms with Crippen LogP contribution in [0.25, 0.3) is 0 Å². The third kappa shape index (κ3) is 1.54. The van der Waals surface area contributed by atoms with Gasteiger partial charge in [0, 0.05) is 0 Å². The Hall–Kier alpha value is -0.160. The van der Waals surface area contributed by atoms with Crippen LogP contribution in [0.2, 0.25) is 0 Å². The lowest BCUT2D eigenvalue weighted by atomic mass is 9.97. The molecule has 1 fully saturated rings. The van der Waals surface area contributed by atoms with Crippen molar-refractivity contribution in [3.8, 4) is 0 Å². The monoisotopic (exact) mass is 162 g/mol. The van der Waals surface area contributed by atoms with Crippen molar-refractivity contribution in [2.45, 2.75) is 44.4 Å². The van der Waals surface area contributed by atoms with Crippen molar-refractivity contribution in [1.29, 1.82) is 0 Å². The van der Waals surface area contributed by atoms with E-state index in [0.717, 1.165) is 0 Å². The van der Waals surface area contributed by atoms with Crippen molar-refractivity contribution in [2.75, 3.05) is 0 Å². The highest BCUT2D eigenvalue weighted by molar-refractivity contribution is 4.88. The van der Waals surface area contributed by atoms with Gasteiger partial charge in [-0.2, -0.15) is 0 Å². The molecule has 0 aliphatic carbocycles. The molecule has 1 aliphatic heterocycles. The van der Waals surface area contributed by atoms with E-state index in [2.05, 4.69) is 0 Å². The molecule has 1 aliphatic rings. The Morgan fingerprint density at radius 2 is 1.18 bits per heavy atom. The second kappa shape index (κ2) is 3.06. The summed E-state index contributed by atoms with van der Waals surface area (Å²) >= 11 is 0. The lowest BCUT2D eigenvalue weighted by Crippen LogP contribution is -2.55. The number of hydrogen-bond acceptors (Lipinski definition) is 4. The van der Waals surface area contributed by atoms with E-state index in [1.54, 1.807) is 13.8 Å². The second-order valence-corrected chi connectivity index (χ2v) is 3.02. The average molecular weight is 162 g/mol. The molecule has 5 atom stereocenters. The molecule has 0 aromatic heterocycles. The van der Waals surface area contributed by atoms with Gasteiger partial charge in [-0.3, -0.25) is 0 Å². The molecule has 0 aromatic carbocycles. The van der Waals surface area contributed by atoms with Gasteiger partial charge in [-0.05, 0) is 13.8 Å². The summed E-state index contributed by atoms with van der Waals surface area (Å²) in [5.41, 5.74) is 0. The van der Waals surface area contributed by atoms with Crippen LogP contribution in [0, 0.1) is 0 Å². The summed E-state index contributed by atoms with van der Waals surface area (Å²) in [6.07, 6.45) is -3.89. The van der Waals surface area contributed by atoms with Gasteiger partial charge in [-0.1, -0.05) is 0 Å². The van der Waals surface area contributed by atoms with Crippen molar-refractivity contribution >= 4 is 0 Å². The number of aliphatic hydroxyl groups is 3. The van der Waals surface area contributed by atoms with Crippen molar-refractivity contribution in [1.82, 2.24) is 0 Å². The molecular weight excluding hydrogens is 148 g/mol. The second-order valence-electron chi connectivity index (χ2n) is 3.02. The van der Waals surface area contributed by atoms with Crippen LogP contribution in [0.15, 0.2) is 0 Å². The van der Waals surface area contributed by atoms with Crippen molar-refractivity contribution in [3.05, 3.63) is 0 Å². The Labute approximate surface area is 65.4 Å². The zero-order chi connectivity index (χ0) is 8.59. The highest BCUT2D eigenvalue weighted by Crippen LogP contribution is 2.19. The van der Waals surface area contributed by atoms with Crippen LogP contribution in [0.3, 0.4) is 0 Å². The van der Waals surface area contributed by atoms with Crippen LogP contribution in [0.1, 0.15) is 13.8 Å². The largest absolute Gasteiger partial charge is 0.388 e. The first-order chi connectivity index (χ1) is 5.04. The summed E-state index contributed by atoms with van der Waals surface area (Å²) in [5, 5.41) is 27.6. The fraction of sp³-hybridized carbons (Fsp3) is 1.00. The van der Waals surface area contributed by atoms with Gasteiger partial charge in [-0.15, -0.1) is 0 Å². The van der Waals surface area contributed by atoms with E-state index in [1.165, 1.54) is 0 Å². The summed E-state index contributed by atoms with van der Waals surface area (Å²) in [7, 11) is 0. The van der Waals surface area contributed by atoms with Gasteiger partial charge in [0.15, 0.2) is 0 Å². The first-order valence-electron chi connectivity index (χ1n) is 3.73. The van der Waals surface area contributed by atoms with Crippen molar-refractivity contribution in [2.24, 2.45) is 0 Å². The quantitative estimate of drug-likeness (QED) is 0.422. The highest BCUT2D eigenvalue weighted by atomic mass is 16.5. The molecule has 1 rings (SSSR count). The molecule has 4 heteroatoms. The molecule has 3 N–H and O–H groups in total. The molecule has 0 spiro atoms. The van der Waals surface area contributed by atoms with E-state index in [4.69, 9.17) is 4.74 Å². The Balaban J connectivity index is 2.63. The molecular formula is C7H14O4. The average Bonchev–Trinajstić information content (AvgIpc) is 1.97. The summed E-state index contributed by atoms with van der Waals surface area (Å²) in [6.45, 7) is 3.33. The molecule has 0 saturated carbocycles. The van der Waals surface area contributed by atoms with Gasteiger partial charge >= 0.3 is 0 Å². The van der Waals surface area contributed by atoms with Crippen LogP contribution in [0.4, 0.5) is 0 Å². The standard InChI is InChI=1S/C7H14O4/c1-3-5(8)7(10)6(9)4(2)11-3/h3-10H,1-2H3/t3-,4+,5-,6-,7?/m1/s1. The van der Waals surface area contributed by atoms with Gasteiger partial charge in [-0.25, -0.2) is 0 Å². The van der Waals surface area contributed by atoms with Gasteiger partial charge in [0.1, 0.15) is 18.3 Å². The summed E-state index contributed by atoms with van der Waals surface area (Å²) in [4.78, 5) is 0.